The second kappa shape index (κ2) is 10.2. The van der Waals surface area contributed by atoms with Crippen molar-refractivity contribution in [3.8, 4) is 0 Å². The number of anilines is 1. The van der Waals surface area contributed by atoms with Crippen molar-refractivity contribution in [1.82, 2.24) is 9.69 Å². The molecule has 4 aromatic rings. The van der Waals surface area contributed by atoms with Crippen molar-refractivity contribution >= 4 is 83.5 Å². The van der Waals surface area contributed by atoms with E-state index in [1.165, 1.54) is 6.07 Å². The zero-order valence-corrected chi connectivity index (χ0v) is 22.3. The van der Waals surface area contributed by atoms with Gasteiger partial charge >= 0.3 is 0 Å². The van der Waals surface area contributed by atoms with Crippen LogP contribution in [-0.2, 0) is 10.0 Å². The molecular formula is C22H18BrCl2N4O3S2+. The number of hydrogen-bond donors (Lipinski definition) is 2. The van der Waals surface area contributed by atoms with Gasteiger partial charge in [-0.15, -0.1) is 0 Å². The van der Waals surface area contributed by atoms with Crippen molar-refractivity contribution in [2.45, 2.75) is 17.7 Å². The summed E-state index contributed by atoms with van der Waals surface area (Å²) in [6.45, 7) is 2.25. The van der Waals surface area contributed by atoms with Crippen LogP contribution in [0.3, 0.4) is 0 Å². The van der Waals surface area contributed by atoms with Crippen molar-refractivity contribution in [2.75, 3.05) is 11.3 Å². The SMILES string of the molecule is CC(CNC(=O)c1ccc(Br)cc1NS(=O)(=O)c1cccc2ns[nH+]c12)c1ccc(Cl)c(Cl)c1. The average Bonchev–Trinajstić information content (AvgIpc) is 3.27. The van der Waals surface area contributed by atoms with Gasteiger partial charge in [-0.25, -0.2) is 8.42 Å². The molecule has 12 heteroatoms. The number of nitrogens with zero attached hydrogens (tertiary/aromatic N) is 1. The first-order chi connectivity index (χ1) is 16.2. The number of fused-ring (bicyclic) bond motifs is 1. The van der Waals surface area contributed by atoms with E-state index in [4.69, 9.17) is 23.2 Å². The Bertz CT molecular complexity index is 1490. The maximum Gasteiger partial charge on any atom is 0.275 e. The molecule has 0 radical (unpaired) electrons. The van der Waals surface area contributed by atoms with Crippen LogP contribution in [0.25, 0.3) is 11.0 Å². The number of sulfonamides is 1. The van der Waals surface area contributed by atoms with E-state index in [0.29, 0.717) is 32.1 Å². The lowest BCUT2D eigenvalue weighted by Gasteiger charge is -2.16. The molecule has 0 saturated carbocycles. The highest BCUT2D eigenvalue weighted by Gasteiger charge is 2.25. The molecule has 1 amide bonds. The van der Waals surface area contributed by atoms with Gasteiger partial charge in [0.1, 0.15) is 4.90 Å². The summed E-state index contributed by atoms with van der Waals surface area (Å²) in [5, 5.41) is 3.76. The molecule has 0 spiro atoms. The molecule has 4 rings (SSSR count). The minimum absolute atomic E-state index is 0.0401. The highest BCUT2D eigenvalue weighted by Crippen LogP contribution is 2.28. The number of nitrogens with one attached hydrogen (secondary N) is 3. The third kappa shape index (κ3) is 5.36. The Morgan fingerprint density at radius 2 is 1.94 bits per heavy atom. The number of amides is 1. The van der Waals surface area contributed by atoms with Crippen molar-refractivity contribution < 1.29 is 17.6 Å². The van der Waals surface area contributed by atoms with Gasteiger partial charge in [0.05, 0.1) is 21.3 Å². The van der Waals surface area contributed by atoms with E-state index in [-0.39, 0.29) is 22.1 Å². The number of aromatic nitrogens is 2. The lowest BCUT2D eigenvalue weighted by atomic mass is 10.0. The molecular weight excluding hydrogens is 583 g/mol. The molecule has 7 nitrogen and oxygen atoms in total. The van der Waals surface area contributed by atoms with Crippen molar-refractivity contribution in [1.29, 1.82) is 0 Å². The fraction of sp³-hybridized carbons (Fsp3) is 0.136. The molecule has 0 aliphatic rings. The molecule has 1 unspecified atom stereocenters. The molecule has 0 aliphatic heterocycles. The molecule has 0 bridgehead atoms. The van der Waals surface area contributed by atoms with Crippen LogP contribution in [0.2, 0.25) is 10.0 Å². The summed E-state index contributed by atoms with van der Waals surface area (Å²) in [5.41, 5.74) is 2.19. The first-order valence-corrected chi connectivity index (χ1v) is 13.8. The van der Waals surface area contributed by atoms with Crippen molar-refractivity contribution in [3.63, 3.8) is 0 Å². The first kappa shape index (κ1) is 24.9. The van der Waals surface area contributed by atoms with E-state index in [0.717, 1.165) is 17.3 Å². The summed E-state index contributed by atoms with van der Waals surface area (Å²) in [5.74, 6) is -0.465. The molecule has 0 saturated heterocycles. The molecule has 0 aliphatic carbocycles. The normalized spacial score (nSPS) is 12.5. The highest BCUT2D eigenvalue weighted by atomic mass is 79.9. The fourth-order valence-corrected chi connectivity index (χ4v) is 5.90. The van der Waals surface area contributed by atoms with Crippen LogP contribution in [0.5, 0.6) is 0 Å². The largest absolute Gasteiger partial charge is 0.351 e. The van der Waals surface area contributed by atoms with Gasteiger partial charge in [-0.3, -0.25) is 9.52 Å². The molecule has 34 heavy (non-hydrogen) atoms. The monoisotopic (exact) mass is 599 g/mol. The smallest absolute Gasteiger partial charge is 0.275 e. The van der Waals surface area contributed by atoms with Crippen molar-refractivity contribution in [2.24, 2.45) is 0 Å². The highest BCUT2D eigenvalue weighted by molar-refractivity contribution is 9.10. The Kier molecular flexibility index (Phi) is 7.44. The lowest BCUT2D eigenvalue weighted by Crippen LogP contribution is -2.28. The minimum Gasteiger partial charge on any atom is -0.351 e. The Balaban J connectivity index is 1.56. The first-order valence-electron chi connectivity index (χ1n) is 9.97. The quantitative estimate of drug-likeness (QED) is 0.292. The van der Waals surface area contributed by atoms with Crippen molar-refractivity contribution in [3.05, 3.63) is 80.2 Å². The van der Waals surface area contributed by atoms with E-state index < -0.39 is 15.9 Å². The van der Waals surface area contributed by atoms with Crippen LogP contribution in [-0.4, -0.2) is 25.2 Å². The van der Waals surface area contributed by atoms with Gasteiger partial charge in [0, 0.05) is 15.4 Å². The number of rotatable bonds is 7. The number of carbonyl (C=O) groups is 1. The number of para-hydroxylation sites is 1. The minimum atomic E-state index is -4.01. The summed E-state index contributed by atoms with van der Waals surface area (Å²) in [6, 6.07) is 14.9. The van der Waals surface area contributed by atoms with Gasteiger partial charge in [0.15, 0.2) is 0 Å². The Hall–Kier alpha value is -2.24. The van der Waals surface area contributed by atoms with Crippen LogP contribution in [0.4, 0.5) is 5.69 Å². The predicted octanol–water partition coefficient (Wildman–Crippen LogP) is 5.51. The van der Waals surface area contributed by atoms with Gasteiger partial charge in [-0.05, 0) is 53.9 Å². The predicted molar refractivity (Wildman–Crippen MR) is 138 cm³/mol. The number of benzene rings is 3. The van der Waals surface area contributed by atoms with E-state index >= 15 is 0 Å². The van der Waals surface area contributed by atoms with E-state index in [9.17, 15) is 13.2 Å². The van der Waals surface area contributed by atoms with Crippen LogP contribution in [0.15, 0.2) is 64.0 Å². The van der Waals surface area contributed by atoms with E-state index in [1.54, 1.807) is 42.5 Å². The number of hydrogen-bond acceptors (Lipinski definition) is 5. The third-order valence-electron chi connectivity index (χ3n) is 5.14. The number of H-pyrrole nitrogens is 1. The molecule has 1 heterocycles. The number of aromatic amines is 1. The Labute approximate surface area is 219 Å². The summed E-state index contributed by atoms with van der Waals surface area (Å²) < 4.78 is 36.6. The fourth-order valence-electron chi connectivity index (χ4n) is 3.32. The lowest BCUT2D eigenvalue weighted by molar-refractivity contribution is -0.257. The van der Waals surface area contributed by atoms with Gasteiger partial charge in [0.2, 0.25) is 11.0 Å². The zero-order valence-electron chi connectivity index (χ0n) is 17.6. The van der Waals surface area contributed by atoms with E-state index in [1.807, 2.05) is 13.0 Å². The number of carbonyl (C=O) groups excluding carboxylic acids is 1. The molecule has 176 valence electrons. The van der Waals surface area contributed by atoms with Gasteiger partial charge in [0.25, 0.3) is 27.7 Å². The molecule has 1 atom stereocenters. The van der Waals surface area contributed by atoms with Gasteiger partial charge < -0.3 is 5.32 Å². The van der Waals surface area contributed by atoms with Crippen LogP contribution in [0, 0.1) is 0 Å². The topological polar surface area (TPSA) is 102 Å². The second-order valence-corrected chi connectivity index (χ2v) is 11.5. The van der Waals surface area contributed by atoms with Gasteiger partial charge in [-0.1, -0.05) is 58.2 Å². The Morgan fingerprint density at radius 1 is 1.15 bits per heavy atom. The molecule has 3 aromatic carbocycles. The molecule has 1 aromatic heterocycles. The third-order valence-corrected chi connectivity index (χ3v) is 8.36. The average molecular weight is 601 g/mol. The standard InChI is InChI=1S/C22H17BrCl2N4O3S2/c1-12(13-5-8-16(24)17(25)9-13)11-26-22(30)15-7-6-14(23)10-19(15)29-34(31,32)20-4-2-3-18-21(20)28-33-27-18/h2-10,12,29H,11H2,1H3,(H,26,30)/p+1. The second-order valence-electron chi connectivity index (χ2n) is 7.51. The summed E-state index contributed by atoms with van der Waals surface area (Å²) >= 11 is 16.5. The van der Waals surface area contributed by atoms with Crippen LogP contribution >= 0.6 is 50.9 Å². The summed E-state index contributed by atoms with van der Waals surface area (Å²) in [6.07, 6.45) is 0. The molecule has 3 N–H and O–H groups in total. The zero-order chi connectivity index (χ0) is 24.5. The van der Waals surface area contributed by atoms with Gasteiger partial charge in [-0.2, -0.15) is 4.37 Å². The Morgan fingerprint density at radius 3 is 2.71 bits per heavy atom. The van der Waals surface area contributed by atoms with Crippen LogP contribution in [0.1, 0.15) is 28.8 Å². The summed E-state index contributed by atoms with van der Waals surface area (Å²) in [4.78, 5) is 13.0. The maximum absolute atomic E-state index is 13.2. The molecule has 0 fully saturated rings. The summed E-state index contributed by atoms with van der Waals surface area (Å²) in [7, 11) is -4.01. The number of halogens is 3. The maximum atomic E-state index is 13.2. The van der Waals surface area contributed by atoms with E-state index in [2.05, 4.69) is 34.7 Å². The van der Waals surface area contributed by atoms with Crippen LogP contribution < -0.4 is 14.4 Å².